The van der Waals surface area contributed by atoms with Gasteiger partial charge in [-0.25, -0.2) is 9.67 Å². The molecular formula is C24H22Cl3N5O. The molecule has 2 aliphatic rings. The van der Waals surface area contributed by atoms with Gasteiger partial charge in [-0.3, -0.25) is 4.79 Å². The van der Waals surface area contributed by atoms with Gasteiger partial charge in [-0.15, -0.1) is 0 Å². The smallest absolute Gasteiger partial charge is 0.234 e. The quantitative estimate of drug-likeness (QED) is 0.475. The number of halogens is 3. The van der Waals surface area contributed by atoms with Gasteiger partial charge in [0.05, 0.1) is 22.3 Å². The first-order chi connectivity index (χ1) is 15.9. The van der Waals surface area contributed by atoms with Crippen molar-refractivity contribution in [2.75, 3.05) is 31.1 Å². The van der Waals surface area contributed by atoms with Crippen molar-refractivity contribution in [2.45, 2.75) is 13.0 Å². The maximum Gasteiger partial charge on any atom is 0.234 e. The molecule has 3 heterocycles. The predicted molar refractivity (Wildman–Crippen MR) is 133 cm³/mol. The van der Waals surface area contributed by atoms with Gasteiger partial charge >= 0.3 is 0 Å². The number of nitrogens with zero attached hydrogens (tertiary/aromatic N) is 5. The molecule has 6 nitrogen and oxygen atoms in total. The summed E-state index contributed by atoms with van der Waals surface area (Å²) in [5, 5.41) is 6.12. The normalized spacial score (nSPS) is 20.4. The fraction of sp³-hybridized carbons (Fsp3) is 0.292. The summed E-state index contributed by atoms with van der Waals surface area (Å²) in [4.78, 5) is 22.7. The molecule has 1 fully saturated rings. The fourth-order valence-corrected chi connectivity index (χ4v) is 5.04. The van der Waals surface area contributed by atoms with Gasteiger partial charge in [-0.1, -0.05) is 40.9 Å². The highest BCUT2D eigenvalue weighted by atomic mass is 35.5. The van der Waals surface area contributed by atoms with Crippen LogP contribution in [0.5, 0.6) is 0 Å². The van der Waals surface area contributed by atoms with Gasteiger partial charge in [-0.05, 0) is 48.9 Å². The van der Waals surface area contributed by atoms with E-state index >= 15 is 0 Å². The molecule has 3 aromatic rings. The minimum Gasteiger partial charge on any atom is -0.368 e. The van der Waals surface area contributed by atoms with E-state index in [-0.39, 0.29) is 11.9 Å². The second-order valence-electron chi connectivity index (χ2n) is 8.27. The second-order valence-corrected chi connectivity index (χ2v) is 9.52. The van der Waals surface area contributed by atoms with Gasteiger partial charge in [-0.2, -0.15) is 5.10 Å². The summed E-state index contributed by atoms with van der Waals surface area (Å²) in [7, 11) is 0. The number of fused-ring (bicyclic) bond motifs is 1. The Balaban J connectivity index is 1.41. The standard InChI is InChI=1S/C24H22Cl3N5O/c1-15-22(24(33)31-12-10-30(11-13-31)18-5-3-17(25)4-6-18)23(32-21(29-15)8-9-28-32)16-2-7-19(26)20(27)14-16/h2-9,14,22-23H,10-13H2,1H3. The Morgan fingerprint density at radius 1 is 0.939 bits per heavy atom. The SMILES string of the molecule is CC1=Nc2ccnn2C(c2ccc(Cl)c(Cl)c2)C1C(=O)N1CCN(c2ccc(Cl)cc2)CC1. The van der Waals surface area contributed by atoms with E-state index in [0.717, 1.165) is 35.9 Å². The van der Waals surface area contributed by atoms with E-state index in [0.29, 0.717) is 28.2 Å². The molecule has 0 bridgehead atoms. The summed E-state index contributed by atoms with van der Waals surface area (Å²) < 4.78 is 1.80. The Morgan fingerprint density at radius 3 is 2.36 bits per heavy atom. The van der Waals surface area contributed by atoms with Crippen LogP contribution in [-0.4, -0.2) is 52.5 Å². The zero-order valence-electron chi connectivity index (χ0n) is 18.0. The molecule has 0 spiro atoms. The minimum atomic E-state index is -0.475. The number of carbonyl (C=O) groups is 1. The minimum absolute atomic E-state index is 0.0456. The van der Waals surface area contributed by atoms with Crippen LogP contribution in [0.25, 0.3) is 0 Å². The van der Waals surface area contributed by atoms with E-state index < -0.39 is 5.92 Å². The molecule has 1 amide bonds. The molecule has 5 rings (SSSR count). The van der Waals surface area contributed by atoms with Crippen LogP contribution in [-0.2, 0) is 4.79 Å². The van der Waals surface area contributed by atoms with Crippen molar-refractivity contribution in [2.24, 2.45) is 10.9 Å². The van der Waals surface area contributed by atoms with Crippen LogP contribution in [0.15, 0.2) is 59.7 Å². The third-order valence-electron chi connectivity index (χ3n) is 6.30. The van der Waals surface area contributed by atoms with Crippen LogP contribution in [0.2, 0.25) is 15.1 Å². The maximum atomic E-state index is 13.8. The lowest BCUT2D eigenvalue weighted by Gasteiger charge is -2.40. The topological polar surface area (TPSA) is 53.7 Å². The highest BCUT2D eigenvalue weighted by Crippen LogP contribution is 2.39. The van der Waals surface area contributed by atoms with Gasteiger partial charge in [0.25, 0.3) is 0 Å². The van der Waals surface area contributed by atoms with Crippen LogP contribution >= 0.6 is 34.8 Å². The fourth-order valence-electron chi connectivity index (χ4n) is 4.61. The van der Waals surface area contributed by atoms with Crippen molar-refractivity contribution >= 4 is 57.9 Å². The predicted octanol–water partition coefficient (Wildman–Crippen LogP) is 5.50. The van der Waals surface area contributed by atoms with Crippen molar-refractivity contribution in [1.82, 2.24) is 14.7 Å². The van der Waals surface area contributed by atoms with E-state index in [1.165, 1.54) is 0 Å². The maximum absolute atomic E-state index is 13.8. The third-order valence-corrected chi connectivity index (χ3v) is 7.29. The lowest BCUT2D eigenvalue weighted by atomic mass is 9.87. The van der Waals surface area contributed by atoms with Crippen LogP contribution in [0.4, 0.5) is 11.5 Å². The first kappa shape index (κ1) is 22.3. The van der Waals surface area contributed by atoms with E-state index in [1.807, 2.05) is 54.3 Å². The number of hydrogen-bond donors (Lipinski definition) is 0. The summed E-state index contributed by atoms with van der Waals surface area (Å²) in [6.07, 6.45) is 1.70. The highest BCUT2D eigenvalue weighted by Gasteiger charge is 2.40. The lowest BCUT2D eigenvalue weighted by Crippen LogP contribution is -2.53. The Bertz CT molecular complexity index is 1220. The van der Waals surface area contributed by atoms with Crippen molar-refractivity contribution in [3.8, 4) is 0 Å². The Kier molecular flexibility index (Phi) is 6.08. The molecule has 9 heteroatoms. The van der Waals surface area contributed by atoms with Crippen LogP contribution < -0.4 is 4.90 Å². The van der Waals surface area contributed by atoms with Gasteiger partial charge in [0.2, 0.25) is 5.91 Å². The molecule has 33 heavy (non-hydrogen) atoms. The van der Waals surface area contributed by atoms with Crippen molar-refractivity contribution < 1.29 is 4.79 Å². The molecule has 2 aromatic carbocycles. The Labute approximate surface area is 207 Å². The van der Waals surface area contributed by atoms with Gasteiger partial charge in [0.15, 0.2) is 5.82 Å². The first-order valence-corrected chi connectivity index (χ1v) is 11.9. The Morgan fingerprint density at radius 2 is 1.67 bits per heavy atom. The van der Waals surface area contributed by atoms with Crippen LogP contribution in [0.1, 0.15) is 18.5 Å². The molecule has 170 valence electrons. The van der Waals surface area contributed by atoms with Crippen molar-refractivity contribution in [3.63, 3.8) is 0 Å². The molecule has 0 aliphatic carbocycles. The summed E-state index contributed by atoms with van der Waals surface area (Å²) >= 11 is 18.5. The number of benzene rings is 2. The van der Waals surface area contributed by atoms with Gasteiger partial charge < -0.3 is 9.80 Å². The molecule has 1 saturated heterocycles. The second kappa shape index (κ2) is 9.01. The molecule has 0 saturated carbocycles. The molecule has 2 atom stereocenters. The molecule has 2 aliphatic heterocycles. The monoisotopic (exact) mass is 501 g/mol. The number of carbonyl (C=O) groups excluding carboxylic acids is 1. The van der Waals surface area contributed by atoms with Gasteiger partial charge in [0.1, 0.15) is 5.92 Å². The van der Waals surface area contributed by atoms with E-state index in [4.69, 9.17) is 34.8 Å². The number of amides is 1. The van der Waals surface area contributed by atoms with E-state index in [2.05, 4.69) is 15.0 Å². The number of rotatable bonds is 3. The summed E-state index contributed by atoms with van der Waals surface area (Å²) in [5.74, 6) is 0.293. The largest absolute Gasteiger partial charge is 0.368 e. The highest BCUT2D eigenvalue weighted by molar-refractivity contribution is 6.42. The van der Waals surface area contributed by atoms with Crippen molar-refractivity contribution in [1.29, 1.82) is 0 Å². The third kappa shape index (κ3) is 4.23. The van der Waals surface area contributed by atoms with Gasteiger partial charge in [0, 0.05) is 48.7 Å². The van der Waals surface area contributed by atoms with Crippen LogP contribution in [0, 0.1) is 5.92 Å². The summed E-state index contributed by atoms with van der Waals surface area (Å²) in [5.41, 5.74) is 2.75. The number of piperazine rings is 1. The molecule has 0 N–H and O–H groups in total. The van der Waals surface area contributed by atoms with E-state index in [1.54, 1.807) is 16.9 Å². The molecule has 2 unspecified atom stereocenters. The summed E-state index contributed by atoms with van der Waals surface area (Å²) in [6, 6.07) is 14.8. The number of aromatic nitrogens is 2. The molecule has 0 radical (unpaired) electrons. The number of anilines is 1. The number of hydrogen-bond acceptors (Lipinski definition) is 4. The molecular weight excluding hydrogens is 481 g/mol. The number of aliphatic imine (C=N–C) groups is 1. The summed E-state index contributed by atoms with van der Waals surface area (Å²) in [6.45, 7) is 4.67. The Hall–Kier alpha value is -2.54. The first-order valence-electron chi connectivity index (χ1n) is 10.8. The van der Waals surface area contributed by atoms with E-state index in [9.17, 15) is 4.79 Å². The molecule has 1 aromatic heterocycles. The zero-order chi connectivity index (χ0) is 23.1. The van der Waals surface area contributed by atoms with Crippen LogP contribution in [0.3, 0.4) is 0 Å². The average Bonchev–Trinajstić information content (AvgIpc) is 3.28. The average molecular weight is 503 g/mol. The lowest BCUT2D eigenvalue weighted by molar-refractivity contribution is -0.134. The van der Waals surface area contributed by atoms with Crippen molar-refractivity contribution in [3.05, 3.63) is 75.4 Å². The zero-order valence-corrected chi connectivity index (χ0v) is 20.2.